The minimum Gasteiger partial charge on any atom is -0.324 e. The van der Waals surface area contributed by atoms with Crippen LogP contribution in [-0.2, 0) is 12.8 Å². The highest BCUT2D eigenvalue weighted by Gasteiger charge is 2.14. The second-order valence-electron chi connectivity index (χ2n) is 4.26. The molecule has 2 N–H and O–H groups in total. The third-order valence-electron chi connectivity index (χ3n) is 2.81. The summed E-state index contributed by atoms with van der Waals surface area (Å²) < 4.78 is 0.803. The first-order chi connectivity index (χ1) is 8.60. The molecular formula is C13H16ClN3S. The van der Waals surface area contributed by atoms with Crippen molar-refractivity contribution in [2.24, 2.45) is 5.73 Å². The summed E-state index contributed by atoms with van der Waals surface area (Å²) >= 11 is 7.51. The summed E-state index contributed by atoms with van der Waals surface area (Å²) in [5, 5.41) is 8.29. The second kappa shape index (κ2) is 5.78. The van der Waals surface area contributed by atoms with Gasteiger partial charge >= 0.3 is 0 Å². The Bertz CT molecular complexity index is 539. The zero-order chi connectivity index (χ0) is 13.1. The Morgan fingerprint density at radius 2 is 2.17 bits per heavy atom. The Labute approximate surface area is 116 Å². The second-order valence-corrected chi connectivity index (χ2v) is 6.06. The molecule has 18 heavy (non-hydrogen) atoms. The number of aromatic nitrogens is 2. The van der Waals surface area contributed by atoms with Crippen molar-refractivity contribution in [2.75, 3.05) is 0 Å². The number of aryl methyl sites for hydroxylation is 2. The molecule has 5 heteroatoms. The lowest BCUT2D eigenvalue weighted by molar-refractivity contribution is 0.698. The molecule has 1 unspecified atom stereocenters. The summed E-state index contributed by atoms with van der Waals surface area (Å²) in [5.74, 6) is 0. The van der Waals surface area contributed by atoms with Gasteiger partial charge in [-0.3, -0.25) is 0 Å². The van der Waals surface area contributed by atoms with Crippen molar-refractivity contribution < 1.29 is 0 Å². The summed E-state index contributed by atoms with van der Waals surface area (Å²) in [6, 6.07) is 5.92. The SMILES string of the molecule is CCc1nnc(C)cc1C(N)Cc1ccc(Cl)s1. The first-order valence-corrected chi connectivity index (χ1v) is 7.12. The molecule has 0 bridgehead atoms. The van der Waals surface area contributed by atoms with Crippen LogP contribution in [0.3, 0.4) is 0 Å². The fourth-order valence-corrected chi connectivity index (χ4v) is 3.06. The molecule has 0 fully saturated rings. The van der Waals surface area contributed by atoms with Gasteiger partial charge in [-0.2, -0.15) is 10.2 Å². The number of hydrogen-bond acceptors (Lipinski definition) is 4. The smallest absolute Gasteiger partial charge is 0.0931 e. The largest absolute Gasteiger partial charge is 0.324 e. The van der Waals surface area contributed by atoms with E-state index in [1.165, 1.54) is 4.88 Å². The lowest BCUT2D eigenvalue weighted by Gasteiger charge is -2.14. The van der Waals surface area contributed by atoms with Crippen LogP contribution in [0.5, 0.6) is 0 Å². The van der Waals surface area contributed by atoms with Gasteiger partial charge in [0.15, 0.2) is 0 Å². The van der Waals surface area contributed by atoms with E-state index in [1.807, 2.05) is 25.1 Å². The van der Waals surface area contributed by atoms with E-state index in [4.69, 9.17) is 17.3 Å². The van der Waals surface area contributed by atoms with Crippen molar-refractivity contribution in [1.29, 1.82) is 0 Å². The maximum atomic E-state index is 6.28. The fraction of sp³-hybridized carbons (Fsp3) is 0.385. The molecule has 0 aromatic carbocycles. The van der Waals surface area contributed by atoms with Gasteiger partial charge in [-0.1, -0.05) is 18.5 Å². The Kier molecular flexibility index (Phi) is 4.32. The average molecular weight is 282 g/mol. The van der Waals surface area contributed by atoms with E-state index in [0.717, 1.165) is 34.1 Å². The molecule has 2 aromatic heterocycles. The molecule has 0 aliphatic carbocycles. The van der Waals surface area contributed by atoms with Crippen LogP contribution < -0.4 is 5.73 Å². The van der Waals surface area contributed by atoms with Crippen molar-refractivity contribution in [3.63, 3.8) is 0 Å². The van der Waals surface area contributed by atoms with E-state index in [0.29, 0.717) is 0 Å². The summed E-state index contributed by atoms with van der Waals surface area (Å²) in [6.07, 6.45) is 1.64. The van der Waals surface area contributed by atoms with Gasteiger partial charge in [0.25, 0.3) is 0 Å². The molecule has 0 saturated heterocycles. The number of rotatable bonds is 4. The molecule has 0 aliphatic heterocycles. The van der Waals surface area contributed by atoms with Crippen LogP contribution in [0.2, 0.25) is 4.34 Å². The van der Waals surface area contributed by atoms with Crippen molar-refractivity contribution >= 4 is 22.9 Å². The van der Waals surface area contributed by atoms with E-state index in [1.54, 1.807) is 11.3 Å². The van der Waals surface area contributed by atoms with Crippen molar-refractivity contribution in [1.82, 2.24) is 10.2 Å². The molecule has 3 nitrogen and oxygen atoms in total. The van der Waals surface area contributed by atoms with Crippen molar-refractivity contribution in [3.8, 4) is 0 Å². The molecule has 1 atom stereocenters. The standard InChI is InChI=1S/C13H16ClN3S/c1-3-12-10(6-8(2)16-17-12)11(15)7-9-4-5-13(14)18-9/h4-6,11H,3,7,15H2,1-2H3. The topological polar surface area (TPSA) is 51.8 Å². The van der Waals surface area contributed by atoms with Gasteiger partial charge in [0.1, 0.15) is 0 Å². The van der Waals surface area contributed by atoms with Gasteiger partial charge in [0.05, 0.1) is 15.7 Å². The van der Waals surface area contributed by atoms with Gasteiger partial charge in [-0.25, -0.2) is 0 Å². The molecule has 0 amide bonds. The summed E-state index contributed by atoms with van der Waals surface area (Å²) in [6.45, 7) is 4.00. The fourth-order valence-electron chi connectivity index (χ4n) is 1.92. The van der Waals surface area contributed by atoms with Crippen molar-refractivity contribution in [2.45, 2.75) is 32.7 Å². The maximum Gasteiger partial charge on any atom is 0.0931 e. The third-order valence-corrected chi connectivity index (χ3v) is 4.06. The van der Waals surface area contributed by atoms with E-state index < -0.39 is 0 Å². The van der Waals surface area contributed by atoms with Crippen LogP contribution in [0.15, 0.2) is 18.2 Å². The highest BCUT2D eigenvalue weighted by molar-refractivity contribution is 7.16. The number of nitrogens with two attached hydrogens (primary N) is 1. The molecule has 2 heterocycles. The molecule has 96 valence electrons. The minimum atomic E-state index is -0.0520. The van der Waals surface area contributed by atoms with Gasteiger partial charge in [-0.15, -0.1) is 11.3 Å². The van der Waals surface area contributed by atoms with Crippen LogP contribution in [0.25, 0.3) is 0 Å². The zero-order valence-electron chi connectivity index (χ0n) is 10.5. The number of hydrogen-bond donors (Lipinski definition) is 1. The normalized spacial score (nSPS) is 12.7. The third kappa shape index (κ3) is 3.07. The Morgan fingerprint density at radius 3 is 2.78 bits per heavy atom. The molecule has 0 aliphatic rings. The Hall–Kier alpha value is -0.970. The van der Waals surface area contributed by atoms with E-state index in [9.17, 15) is 0 Å². The first-order valence-electron chi connectivity index (χ1n) is 5.93. The Balaban J connectivity index is 2.22. The van der Waals surface area contributed by atoms with Crippen LogP contribution in [0, 0.1) is 6.92 Å². The quantitative estimate of drug-likeness (QED) is 0.935. The maximum absolute atomic E-state index is 6.28. The molecule has 0 spiro atoms. The average Bonchev–Trinajstić information content (AvgIpc) is 2.74. The van der Waals surface area contributed by atoms with Crippen LogP contribution in [0.4, 0.5) is 0 Å². The summed E-state index contributed by atoms with van der Waals surface area (Å²) in [7, 11) is 0. The predicted molar refractivity (Wildman–Crippen MR) is 76.1 cm³/mol. The highest BCUT2D eigenvalue weighted by atomic mass is 35.5. The predicted octanol–water partition coefficient (Wildman–Crippen LogP) is 3.30. The monoisotopic (exact) mass is 281 g/mol. The van der Waals surface area contributed by atoms with Gasteiger partial charge in [0, 0.05) is 17.3 Å². The Morgan fingerprint density at radius 1 is 1.39 bits per heavy atom. The molecule has 2 aromatic rings. The van der Waals surface area contributed by atoms with Crippen molar-refractivity contribution in [3.05, 3.63) is 44.4 Å². The van der Waals surface area contributed by atoms with Crippen LogP contribution >= 0.6 is 22.9 Å². The van der Waals surface area contributed by atoms with Crippen LogP contribution in [0.1, 0.15) is 34.8 Å². The lowest BCUT2D eigenvalue weighted by atomic mass is 10.0. The lowest BCUT2D eigenvalue weighted by Crippen LogP contribution is -2.16. The van der Waals surface area contributed by atoms with Crippen LogP contribution in [-0.4, -0.2) is 10.2 Å². The first kappa shape index (κ1) is 13.5. The van der Waals surface area contributed by atoms with E-state index in [-0.39, 0.29) is 6.04 Å². The number of halogens is 1. The van der Waals surface area contributed by atoms with E-state index in [2.05, 4.69) is 17.1 Å². The van der Waals surface area contributed by atoms with Gasteiger partial charge in [-0.05, 0) is 37.1 Å². The summed E-state index contributed by atoms with van der Waals surface area (Å²) in [4.78, 5) is 1.20. The highest BCUT2D eigenvalue weighted by Crippen LogP contribution is 2.26. The zero-order valence-corrected chi connectivity index (χ0v) is 12.1. The van der Waals surface area contributed by atoms with Gasteiger partial charge < -0.3 is 5.73 Å². The minimum absolute atomic E-state index is 0.0520. The summed E-state index contributed by atoms with van der Waals surface area (Å²) in [5.41, 5.74) is 9.26. The van der Waals surface area contributed by atoms with E-state index >= 15 is 0 Å². The molecular weight excluding hydrogens is 266 g/mol. The number of thiophene rings is 1. The van der Waals surface area contributed by atoms with Gasteiger partial charge in [0.2, 0.25) is 0 Å². The molecule has 0 radical (unpaired) electrons. The molecule has 0 saturated carbocycles. The number of nitrogens with zero attached hydrogens (tertiary/aromatic N) is 2. The molecule has 2 rings (SSSR count).